The molecule has 1 aliphatic rings. The zero-order chi connectivity index (χ0) is 19.2. The van der Waals surface area contributed by atoms with E-state index < -0.39 is 17.8 Å². The molecule has 0 radical (unpaired) electrons. The average Bonchev–Trinajstić information content (AvgIpc) is 2.65. The molecule has 0 atom stereocenters. The van der Waals surface area contributed by atoms with E-state index in [1.165, 1.54) is 12.2 Å². The molecule has 1 saturated heterocycles. The van der Waals surface area contributed by atoms with Crippen molar-refractivity contribution < 1.29 is 19.1 Å². The van der Waals surface area contributed by atoms with Crippen LogP contribution in [0.25, 0.3) is 12.2 Å². The number of hydrogen-bond acceptors (Lipinski definition) is 5. The van der Waals surface area contributed by atoms with Crippen molar-refractivity contribution in [2.45, 2.75) is 0 Å². The van der Waals surface area contributed by atoms with E-state index in [-0.39, 0.29) is 10.7 Å². The minimum Gasteiger partial charge on any atom is -0.423 e. The van der Waals surface area contributed by atoms with Crippen LogP contribution in [0.1, 0.15) is 11.1 Å². The number of nitrogens with one attached hydrogen (secondary N) is 2. The minimum atomic E-state index is -0.565. The van der Waals surface area contributed by atoms with Crippen LogP contribution < -0.4 is 15.4 Å². The van der Waals surface area contributed by atoms with Crippen molar-refractivity contribution in [3.05, 3.63) is 77.4 Å². The van der Waals surface area contributed by atoms with Crippen LogP contribution in [0.15, 0.2) is 66.2 Å². The van der Waals surface area contributed by atoms with Crippen molar-refractivity contribution in [3.8, 4) is 5.75 Å². The van der Waals surface area contributed by atoms with E-state index >= 15 is 0 Å². The predicted molar refractivity (Wildman–Crippen MR) is 104 cm³/mol. The molecule has 0 aliphatic carbocycles. The molecule has 2 amide bonds. The van der Waals surface area contributed by atoms with Gasteiger partial charge in [-0.05, 0) is 47.6 Å². The largest absolute Gasteiger partial charge is 0.423 e. The zero-order valence-electron chi connectivity index (χ0n) is 14.0. The Kier molecular flexibility index (Phi) is 5.53. The summed E-state index contributed by atoms with van der Waals surface area (Å²) in [5.41, 5.74) is 1.43. The Hall–Kier alpha value is -3.58. The summed E-state index contributed by atoms with van der Waals surface area (Å²) in [6.45, 7) is 0. The van der Waals surface area contributed by atoms with E-state index in [9.17, 15) is 14.4 Å². The molecule has 0 unspecified atom stereocenters. The Bertz CT molecular complexity index is 941. The fourth-order valence-electron chi connectivity index (χ4n) is 2.28. The third kappa shape index (κ3) is 4.96. The number of carbonyl (C=O) groups excluding carboxylic acids is 3. The molecule has 7 heteroatoms. The smallest absolute Gasteiger partial charge is 0.336 e. The second kappa shape index (κ2) is 8.20. The molecule has 2 aromatic rings. The Morgan fingerprint density at radius 3 is 2.15 bits per heavy atom. The van der Waals surface area contributed by atoms with Gasteiger partial charge in [-0.1, -0.05) is 42.5 Å². The Labute approximate surface area is 160 Å². The Morgan fingerprint density at radius 2 is 1.52 bits per heavy atom. The molecule has 0 bridgehead atoms. The normalized spacial score (nSPS) is 13.9. The summed E-state index contributed by atoms with van der Waals surface area (Å²) in [6, 6.07) is 15.8. The van der Waals surface area contributed by atoms with E-state index in [4.69, 9.17) is 17.0 Å². The highest BCUT2D eigenvalue weighted by Crippen LogP contribution is 2.16. The first-order chi connectivity index (χ1) is 13.0. The summed E-state index contributed by atoms with van der Waals surface area (Å²) in [5, 5.41) is 4.70. The molecule has 2 aromatic carbocycles. The predicted octanol–water partition coefficient (Wildman–Crippen LogP) is 2.22. The fraction of sp³-hybridized carbons (Fsp3) is 0. The number of thiocarbonyl (C=S) groups is 1. The van der Waals surface area contributed by atoms with E-state index in [1.807, 2.05) is 30.3 Å². The van der Waals surface area contributed by atoms with Crippen molar-refractivity contribution in [1.82, 2.24) is 10.6 Å². The van der Waals surface area contributed by atoms with Crippen LogP contribution in [0.4, 0.5) is 0 Å². The quantitative estimate of drug-likeness (QED) is 0.280. The van der Waals surface area contributed by atoms with Gasteiger partial charge >= 0.3 is 5.97 Å². The summed E-state index contributed by atoms with van der Waals surface area (Å²) >= 11 is 4.74. The van der Waals surface area contributed by atoms with Gasteiger partial charge in [0.25, 0.3) is 11.8 Å². The van der Waals surface area contributed by atoms with Gasteiger partial charge in [0, 0.05) is 6.08 Å². The lowest BCUT2D eigenvalue weighted by Gasteiger charge is -2.16. The lowest BCUT2D eigenvalue weighted by molar-refractivity contribution is -0.129. The number of benzene rings is 2. The highest BCUT2D eigenvalue weighted by Gasteiger charge is 2.25. The molecule has 1 aliphatic heterocycles. The molecular weight excluding hydrogens is 364 g/mol. The van der Waals surface area contributed by atoms with Gasteiger partial charge in [-0.25, -0.2) is 4.79 Å². The van der Waals surface area contributed by atoms with Crippen molar-refractivity contribution in [3.63, 3.8) is 0 Å². The van der Waals surface area contributed by atoms with Gasteiger partial charge in [-0.3, -0.25) is 20.2 Å². The molecule has 2 N–H and O–H groups in total. The molecule has 134 valence electrons. The van der Waals surface area contributed by atoms with E-state index in [1.54, 1.807) is 30.3 Å². The van der Waals surface area contributed by atoms with Gasteiger partial charge in [0.2, 0.25) is 0 Å². The molecule has 0 aromatic heterocycles. The minimum absolute atomic E-state index is 0.0204. The molecule has 1 fully saturated rings. The Morgan fingerprint density at radius 1 is 0.889 bits per heavy atom. The van der Waals surface area contributed by atoms with Crippen LogP contribution in [0, 0.1) is 0 Å². The highest BCUT2D eigenvalue weighted by atomic mass is 32.1. The second-order valence-electron chi connectivity index (χ2n) is 5.53. The standard InChI is InChI=1S/C20H14N2O4S/c23-17(11-8-13-4-2-1-3-5-13)26-15-9-6-14(7-10-15)12-16-18(24)21-20(27)22-19(16)25/h1-12H,(H2,21,22,24,25,27)/b11-8-. The molecule has 0 spiro atoms. The van der Waals surface area contributed by atoms with Crippen molar-refractivity contribution in [1.29, 1.82) is 0 Å². The van der Waals surface area contributed by atoms with Gasteiger partial charge in [-0.2, -0.15) is 0 Å². The van der Waals surface area contributed by atoms with Crippen molar-refractivity contribution in [2.75, 3.05) is 0 Å². The van der Waals surface area contributed by atoms with E-state index in [2.05, 4.69) is 10.6 Å². The van der Waals surface area contributed by atoms with Crippen LogP contribution >= 0.6 is 12.2 Å². The first-order valence-electron chi connectivity index (χ1n) is 7.94. The van der Waals surface area contributed by atoms with Gasteiger partial charge in [0.05, 0.1) is 0 Å². The van der Waals surface area contributed by atoms with Crippen LogP contribution in [-0.2, 0) is 14.4 Å². The summed E-state index contributed by atoms with van der Waals surface area (Å²) in [5.74, 6) is -1.29. The molecule has 27 heavy (non-hydrogen) atoms. The molecule has 3 rings (SSSR count). The molecular formula is C20H14N2O4S. The SMILES string of the molecule is O=C(/C=C\c1ccccc1)Oc1ccc(C=C2C(=O)NC(=S)NC2=O)cc1. The third-order valence-corrected chi connectivity index (χ3v) is 3.77. The average molecular weight is 378 g/mol. The topological polar surface area (TPSA) is 84.5 Å². The van der Waals surface area contributed by atoms with E-state index in [0.29, 0.717) is 11.3 Å². The first kappa shape index (κ1) is 18.2. The van der Waals surface area contributed by atoms with Gasteiger partial charge in [-0.15, -0.1) is 0 Å². The van der Waals surface area contributed by atoms with Crippen molar-refractivity contribution >= 4 is 47.3 Å². The summed E-state index contributed by atoms with van der Waals surface area (Å²) in [7, 11) is 0. The van der Waals surface area contributed by atoms with Gasteiger partial charge < -0.3 is 4.74 Å². The van der Waals surface area contributed by atoms with Gasteiger partial charge in [0.15, 0.2) is 5.11 Å². The maximum Gasteiger partial charge on any atom is 0.336 e. The lowest BCUT2D eigenvalue weighted by atomic mass is 10.1. The lowest BCUT2D eigenvalue weighted by Crippen LogP contribution is -2.51. The molecule has 0 saturated carbocycles. The van der Waals surface area contributed by atoms with Crippen LogP contribution in [-0.4, -0.2) is 22.9 Å². The van der Waals surface area contributed by atoms with Crippen LogP contribution in [0.3, 0.4) is 0 Å². The molecule has 1 heterocycles. The van der Waals surface area contributed by atoms with E-state index in [0.717, 1.165) is 5.56 Å². The number of esters is 1. The third-order valence-electron chi connectivity index (χ3n) is 3.56. The summed E-state index contributed by atoms with van der Waals surface area (Å²) < 4.78 is 5.22. The zero-order valence-corrected chi connectivity index (χ0v) is 14.8. The maximum atomic E-state index is 11.9. The van der Waals surface area contributed by atoms with Crippen LogP contribution in [0.2, 0.25) is 0 Å². The van der Waals surface area contributed by atoms with Gasteiger partial charge in [0.1, 0.15) is 11.3 Å². The first-order valence-corrected chi connectivity index (χ1v) is 8.35. The summed E-state index contributed by atoms with van der Waals surface area (Å²) in [4.78, 5) is 35.5. The summed E-state index contributed by atoms with van der Waals surface area (Å²) in [6.07, 6.45) is 4.42. The second-order valence-corrected chi connectivity index (χ2v) is 5.94. The maximum absolute atomic E-state index is 11.9. The number of hydrogen-bond donors (Lipinski definition) is 2. The highest BCUT2D eigenvalue weighted by molar-refractivity contribution is 7.80. The fourth-order valence-corrected chi connectivity index (χ4v) is 2.47. The number of carbonyl (C=O) groups is 3. The Balaban J connectivity index is 1.65. The van der Waals surface area contributed by atoms with Crippen molar-refractivity contribution in [2.24, 2.45) is 0 Å². The number of rotatable bonds is 4. The number of ether oxygens (including phenoxy) is 1. The monoisotopic (exact) mass is 378 g/mol. The number of amides is 2. The van der Waals surface area contributed by atoms with Crippen LogP contribution in [0.5, 0.6) is 5.75 Å². The molecule has 6 nitrogen and oxygen atoms in total.